The first kappa shape index (κ1) is 31.9. The Morgan fingerprint density at radius 3 is 1.95 bits per heavy atom. The molecular formula is C51H32N4O2. The zero-order valence-corrected chi connectivity index (χ0v) is 31.1. The van der Waals surface area contributed by atoms with Crippen LogP contribution >= 0.6 is 0 Å². The van der Waals surface area contributed by atoms with Gasteiger partial charge >= 0.3 is 0 Å². The third-order valence-electron chi connectivity index (χ3n) is 11.8. The van der Waals surface area contributed by atoms with Gasteiger partial charge in [0, 0.05) is 33.1 Å². The monoisotopic (exact) mass is 732 g/mol. The second-order valence-corrected chi connectivity index (χ2v) is 15.4. The molecule has 0 unspecified atom stereocenters. The van der Waals surface area contributed by atoms with E-state index in [1.807, 2.05) is 48.5 Å². The van der Waals surface area contributed by atoms with E-state index in [-0.39, 0.29) is 5.41 Å². The lowest BCUT2D eigenvalue weighted by molar-refractivity contribution is 0.619. The lowest BCUT2D eigenvalue weighted by atomic mass is 9.82. The molecule has 1 aliphatic carbocycles. The lowest BCUT2D eigenvalue weighted by Gasteiger charge is -2.21. The van der Waals surface area contributed by atoms with E-state index in [2.05, 4.69) is 123 Å². The molecule has 8 aromatic carbocycles. The molecule has 0 saturated heterocycles. The van der Waals surface area contributed by atoms with E-state index < -0.39 is 0 Å². The number of nitrogens with zero attached hydrogens (tertiary/aromatic N) is 4. The van der Waals surface area contributed by atoms with Gasteiger partial charge < -0.3 is 8.83 Å². The van der Waals surface area contributed by atoms with Crippen LogP contribution in [-0.2, 0) is 5.41 Å². The Hall–Kier alpha value is -7.44. The standard InChI is InChI=1S/C51H32N4O2/c1-51(2)39-18-9-8-15-35(39)36-22-21-33(28-40(36)51)48-53-47(32-20-19-29-11-6-7-14-31(29)27-32)54-49(55-48)38-17-10-16-37-34(38)23-24-41-44(37)45-42(56-41)25-26-43-46(45)52-50(57-43)30-12-4-3-5-13-30/h3-28H,1-2H3. The Balaban J connectivity index is 1.08. The number of rotatable bonds is 4. The molecule has 0 amide bonds. The van der Waals surface area contributed by atoms with Crippen molar-refractivity contribution in [3.63, 3.8) is 0 Å². The third-order valence-corrected chi connectivity index (χ3v) is 11.8. The largest absolute Gasteiger partial charge is 0.456 e. The number of aromatic nitrogens is 4. The highest BCUT2D eigenvalue weighted by Crippen LogP contribution is 2.49. The van der Waals surface area contributed by atoms with Gasteiger partial charge in [0.15, 0.2) is 23.1 Å². The molecule has 6 heteroatoms. The van der Waals surface area contributed by atoms with E-state index in [0.717, 1.165) is 65.9 Å². The third kappa shape index (κ3) is 4.77. The number of oxazole rings is 1. The van der Waals surface area contributed by atoms with Gasteiger partial charge in [-0.15, -0.1) is 0 Å². The second-order valence-electron chi connectivity index (χ2n) is 15.4. The second kappa shape index (κ2) is 11.8. The summed E-state index contributed by atoms with van der Waals surface area (Å²) >= 11 is 0. The van der Waals surface area contributed by atoms with Crippen LogP contribution in [0.15, 0.2) is 167 Å². The molecule has 0 atom stereocenters. The van der Waals surface area contributed by atoms with E-state index in [4.69, 9.17) is 28.8 Å². The Morgan fingerprint density at radius 2 is 1.07 bits per heavy atom. The number of furan rings is 1. The number of benzene rings is 8. The summed E-state index contributed by atoms with van der Waals surface area (Å²) < 4.78 is 12.8. The van der Waals surface area contributed by atoms with Crippen LogP contribution in [0.5, 0.6) is 0 Å². The van der Waals surface area contributed by atoms with Gasteiger partial charge in [0.05, 0.1) is 5.39 Å². The minimum absolute atomic E-state index is 0.162. The Morgan fingerprint density at radius 1 is 0.404 bits per heavy atom. The van der Waals surface area contributed by atoms with Crippen LogP contribution in [0.25, 0.3) is 111 Å². The molecule has 12 rings (SSSR count). The average molecular weight is 733 g/mol. The van der Waals surface area contributed by atoms with Crippen molar-refractivity contribution in [2.45, 2.75) is 19.3 Å². The van der Waals surface area contributed by atoms with Gasteiger partial charge in [0.1, 0.15) is 16.7 Å². The van der Waals surface area contributed by atoms with Gasteiger partial charge in [-0.25, -0.2) is 19.9 Å². The van der Waals surface area contributed by atoms with Crippen molar-refractivity contribution in [1.82, 2.24) is 19.9 Å². The molecule has 0 radical (unpaired) electrons. The minimum Gasteiger partial charge on any atom is -0.456 e. The van der Waals surface area contributed by atoms with Crippen LogP contribution in [-0.4, -0.2) is 19.9 Å². The van der Waals surface area contributed by atoms with Gasteiger partial charge in [-0.3, -0.25) is 0 Å². The number of fused-ring (bicyclic) bond motifs is 11. The first-order chi connectivity index (χ1) is 28.0. The van der Waals surface area contributed by atoms with Crippen LogP contribution < -0.4 is 0 Å². The van der Waals surface area contributed by atoms with Crippen molar-refractivity contribution in [3.8, 4) is 56.7 Å². The Kier molecular flexibility index (Phi) is 6.59. The zero-order chi connectivity index (χ0) is 37.8. The van der Waals surface area contributed by atoms with Crippen LogP contribution in [0.3, 0.4) is 0 Å². The molecule has 1 aliphatic rings. The highest BCUT2D eigenvalue weighted by Gasteiger charge is 2.35. The first-order valence-electron chi connectivity index (χ1n) is 19.2. The van der Waals surface area contributed by atoms with Crippen LogP contribution in [0.2, 0.25) is 0 Å². The molecule has 57 heavy (non-hydrogen) atoms. The van der Waals surface area contributed by atoms with Crippen LogP contribution in [0, 0.1) is 0 Å². The molecule has 0 aliphatic heterocycles. The Bertz CT molecular complexity index is 3450. The van der Waals surface area contributed by atoms with Gasteiger partial charge in [-0.2, -0.15) is 0 Å². The van der Waals surface area contributed by atoms with Crippen molar-refractivity contribution in [2.24, 2.45) is 0 Å². The smallest absolute Gasteiger partial charge is 0.227 e. The maximum Gasteiger partial charge on any atom is 0.227 e. The predicted molar refractivity (Wildman–Crippen MR) is 229 cm³/mol. The zero-order valence-electron chi connectivity index (χ0n) is 31.1. The topological polar surface area (TPSA) is 77.8 Å². The average Bonchev–Trinajstić information content (AvgIpc) is 3.94. The van der Waals surface area contributed by atoms with Crippen molar-refractivity contribution in [2.75, 3.05) is 0 Å². The summed E-state index contributed by atoms with van der Waals surface area (Å²) in [5, 5.41) is 6.22. The van der Waals surface area contributed by atoms with E-state index in [1.54, 1.807) is 0 Å². The maximum atomic E-state index is 6.47. The minimum atomic E-state index is -0.162. The SMILES string of the molecule is CC1(C)c2ccccc2-c2ccc(-c3nc(-c4ccc5ccccc5c4)nc(-c4cccc5c4ccc4oc6ccc7oc(-c8ccccc8)nc7c6c45)n3)cc21. The maximum absolute atomic E-state index is 6.47. The fraction of sp³-hybridized carbons (Fsp3) is 0.0588. The van der Waals surface area contributed by atoms with Crippen LogP contribution in [0.1, 0.15) is 25.0 Å². The number of hydrogen-bond acceptors (Lipinski definition) is 6. The summed E-state index contributed by atoms with van der Waals surface area (Å²) in [6.07, 6.45) is 0. The number of hydrogen-bond donors (Lipinski definition) is 0. The molecule has 0 bridgehead atoms. The summed E-state index contributed by atoms with van der Waals surface area (Å²) in [6, 6.07) is 54.5. The molecule has 0 fully saturated rings. The van der Waals surface area contributed by atoms with E-state index in [9.17, 15) is 0 Å². The lowest BCUT2D eigenvalue weighted by Crippen LogP contribution is -2.15. The van der Waals surface area contributed by atoms with Crippen molar-refractivity contribution < 1.29 is 8.83 Å². The highest BCUT2D eigenvalue weighted by atomic mass is 16.4. The summed E-state index contributed by atoms with van der Waals surface area (Å²) in [5.74, 6) is 2.42. The van der Waals surface area contributed by atoms with Crippen molar-refractivity contribution in [1.29, 1.82) is 0 Å². The predicted octanol–water partition coefficient (Wildman–Crippen LogP) is 13.2. The first-order valence-corrected chi connectivity index (χ1v) is 19.2. The summed E-state index contributed by atoms with van der Waals surface area (Å²) in [6.45, 7) is 4.60. The fourth-order valence-electron chi connectivity index (χ4n) is 8.93. The van der Waals surface area contributed by atoms with Gasteiger partial charge in [0.25, 0.3) is 0 Å². The van der Waals surface area contributed by atoms with E-state index in [0.29, 0.717) is 28.9 Å². The highest BCUT2D eigenvalue weighted by molar-refractivity contribution is 6.26. The summed E-state index contributed by atoms with van der Waals surface area (Å²) in [5.41, 5.74) is 11.7. The Labute approximate surface area is 327 Å². The molecule has 0 N–H and O–H groups in total. The molecule has 268 valence electrons. The molecular weight excluding hydrogens is 701 g/mol. The van der Waals surface area contributed by atoms with Crippen LogP contribution in [0.4, 0.5) is 0 Å². The quantitative estimate of drug-likeness (QED) is 0.179. The molecule has 3 heterocycles. The molecule has 3 aromatic heterocycles. The van der Waals surface area contributed by atoms with E-state index >= 15 is 0 Å². The molecule has 0 saturated carbocycles. The van der Waals surface area contributed by atoms with Gasteiger partial charge in [0.2, 0.25) is 5.89 Å². The van der Waals surface area contributed by atoms with Crippen molar-refractivity contribution in [3.05, 3.63) is 169 Å². The normalized spacial score (nSPS) is 13.2. The van der Waals surface area contributed by atoms with Crippen molar-refractivity contribution >= 4 is 54.6 Å². The molecule has 6 nitrogen and oxygen atoms in total. The summed E-state index contributed by atoms with van der Waals surface area (Å²) in [4.78, 5) is 20.7. The van der Waals surface area contributed by atoms with E-state index in [1.165, 1.54) is 27.6 Å². The van der Waals surface area contributed by atoms with Gasteiger partial charge in [-0.05, 0) is 92.3 Å². The molecule has 11 aromatic rings. The fourth-order valence-corrected chi connectivity index (χ4v) is 8.93. The summed E-state index contributed by atoms with van der Waals surface area (Å²) in [7, 11) is 0. The molecule has 0 spiro atoms. The van der Waals surface area contributed by atoms with Gasteiger partial charge in [-0.1, -0.05) is 123 Å².